The molecule has 0 unspecified atom stereocenters. The molecule has 0 aliphatic rings. The summed E-state index contributed by atoms with van der Waals surface area (Å²) in [5.41, 5.74) is 2.67. The molecule has 3 aromatic rings. The van der Waals surface area contributed by atoms with Crippen LogP contribution in [0.2, 0.25) is 30.8 Å². The Morgan fingerprint density at radius 1 is 1.00 bits per heavy atom. The van der Waals surface area contributed by atoms with Crippen molar-refractivity contribution in [1.29, 1.82) is 0 Å². The fraction of sp³-hybridized carbons (Fsp3) is 0.400. The Morgan fingerprint density at radius 2 is 1.75 bits per heavy atom. The molecule has 0 fully saturated rings. The van der Waals surface area contributed by atoms with Gasteiger partial charge in [-0.2, -0.15) is 0 Å². The van der Waals surface area contributed by atoms with Gasteiger partial charge < -0.3 is 14.2 Å². The lowest BCUT2D eigenvalue weighted by Gasteiger charge is -2.17. The van der Waals surface area contributed by atoms with Gasteiger partial charge in [0.15, 0.2) is 22.3 Å². The molecule has 8 heteroatoms. The highest BCUT2D eigenvalue weighted by molar-refractivity contribution is 6.76. The summed E-state index contributed by atoms with van der Waals surface area (Å²) in [7, 11) is 2.10. The lowest BCUT2D eigenvalue weighted by Crippen LogP contribution is -2.22. The summed E-state index contributed by atoms with van der Waals surface area (Å²) in [6, 6.07) is 10.8. The van der Waals surface area contributed by atoms with E-state index < -0.39 is 8.07 Å². The van der Waals surface area contributed by atoms with Crippen molar-refractivity contribution in [2.45, 2.75) is 32.4 Å². The van der Waals surface area contributed by atoms with Crippen LogP contribution in [0.4, 0.5) is 0 Å². The van der Waals surface area contributed by atoms with Crippen molar-refractivity contribution in [2.75, 3.05) is 20.8 Å². The van der Waals surface area contributed by atoms with E-state index in [1.165, 1.54) is 0 Å². The summed E-state index contributed by atoms with van der Waals surface area (Å²) < 4.78 is 18.8. The summed E-state index contributed by atoms with van der Waals surface area (Å²) in [6.07, 6.45) is 0. The third-order valence-corrected chi connectivity index (χ3v) is 6.40. The van der Waals surface area contributed by atoms with E-state index in [4.69, 9.17) is 25.8 Å². The molecule has 2 aromatic heterocycles. The van der Waals surface area contributed by atoms with Crippen LogP contribution in [0.15, 0.2) is 30.3 Å². The molecule has 0 saturated heterocycles. The Kier molecular flexibility index (Phi) is 6.27. The number of hydrogen-bond acceptors (Lipinski definition) is 5. The molecule has 3 rings (SSSR count). The largest absolute Gasteiger partial charge is 0.493 e. The minimum Gasteiger partial charge on any atom is -0.493 e. The van der Waals surface area contributed by atoms with Crippen molar-refractivity contribution < 1.29 is 14.2 Å². The van der Waals surface area contributed by atoms with Crippen LogP contribution >= 0.6 is 11.6 Å². The Balaban J connectivity index is 1.99. The van der Waals surface area contributed by atoms with Crippen molar-refractivity contribution in [2.24, 2.45) is 0 Å². The summed E-state index contributed by atoms with van der Waals surface area (Å²) >= 11 is 6.04. The van der Waals surface area contributed by atoms with E-state index in [1.54, 1.807) is 14.2 Å². The second kappa shape index (κ2) is 8.51. The number of ether oxygens (including phenoxy) is 3. The predicted molar refractivity (Wildman–Crippen MR) is 115 cm³/mol. The monoisotopic (exact) mass is 419 g/mol. The minimum atomic E-state index is -1.15. The minimum absolute atomic E-state index is 0.364. The number of halogens is 1. The second-order valence-corrected chi connectivity index (χ2v) is 13.8. The number of nitrogens with zero attached hydrogens (tertiary/aromatic N) is 3. The van der Waals surface area contributed by atoms with E-state index in [1.807, 2.05) is 34.9 Å². The van der Waals surface area contributed by atoms with Gasteiger partial charge in [-0.25, -0.2) is 0 Å². The van der Waals surface area contributed by atoms with Gasteiger partial charge in [0.2, 0.25) is 0 Å². The van der Waals surface area contributed by atoms with Crippen molar-refractivity contribution in [3.8, 4) is 22.8 Å². The van der Waals surface area contributed by atoms with E-state index in [-0.39, 0.29) is 0 Å². The molecule has 0 bridgehead atoms. The standard InChI is InChI=1S/C20H26ClN3O3Si/c1-25-17-7-6-14(11-18(17)26-2)16-10-15-12-19(21)22-23-20(15)24(16)13-27-8-9-28(3,4)5/h6-7,10-12H,8-9,13H2,1-5H3. The van der Waals surface area contributed by atoms with Gasteiger partial charge >= 0.3 is 0 Å². The fourth-order valence-corrected chi connectivity index (χ4v) is 3.84. The van der Waals surface area contributed by atoms with Crippen LogP contribution in [-0.2, 0) is 11.5 Å². The van der Waals surface area contributed by atoms with Crippen LogP contribution in [-0.4, -0.2) is 43.7 Å². The third-order valence-electron chi connectivity index (χ3n) is 4.51. The lowest BCUT2D eigenvalue weighted by molar-refractivity contribution is 0.0908. The molecule has 6 nitrogen and oxygen atoms in total. The van der Waals surface area contributed by atoms with Gasteiger partial charge in [0.05, 0.1) is 19.9 Å². The van der Waals surface area contributed by atoms with E-state index in [0.29, 0.717) is 23.4 Å². The molecule has 28 heavy (non-hydrogen) atoms. The first-order valence-electron chi connectivity index (χ1n) is 9.15. The summed E-state index contributed by atoms with van der Waals surface area (Å²) in [5.74, 6) is 1.35. The summed E-state index contributed by atoms with van der Waals surface area (Å²) in [6.45, 7) is 8.13. The molecule has 0 amide bonds. The zero-order valence-corrected chi connectivity index (χ0v) is 18.7. The Hall–Kier alpha value is -2.09. The molecule has 0 saturated carbocycles. The maximum Gasteiger partial charge on any atom is 0.165 e. The molecule has 2 heterocycles. The van der Waals surface area contributed by atoms with Gasteiger partial charge in [-0.3, -0.25) is 4.57 Å². The van der Waals surface area contributed by atoms with Crippen LogP contribution in [0, 0.1) is 0 Å². The zero-order valence-electron chi connectivity index (χ0n) is 17.0. The zero-order chi connectivity index (χ0) is 20.3. The van der Waals surface area contributed by atoms with Crippen molar-refractivity contribution >= 4 is 30.7 Å². The molecule has 1 aromatic carbocycles. The number of aromatic nitrogens is 3. The molecule has 0 aliphatic heterocycles. The second-order valence-electron chi connectivity index (χ2n) is 7.82. The SMILES string of the molecule is COc1ccc(-c2cc3cc(Cl)nnc3n2COCC[Si](C)(C)C)cc1OC. The van der Waals surface area contributed by atoms with E-state index in [0.717, 1.165) is 34.9 Å². The van der Waals surface area contributed by atoms with Gasteiger partial charge in [-0.1, -0.05) is 31.2 Å². The maximum absolute atomic E-state index is 6.04. The molecule has 0 atom stereocenters. The highest BCUT2D eigenvalue weighted by Gasteiger charge is 2.16. The Bertz CT molecular complexity index is 969. The number of methoxy groups -OCH3 is 2. The van der Waals surface area contributed by atoms with E-state index >= 15 is 0 Å². The van der Waals surface area contributed by atoms with Gasteiger partial charge in [0, 0.05) is 25.6 Å². The van der Waals surface area contributed by atoms with Crippen molar-refractivity contribution in [1.82, 2.24) is 14.8 Å². The molecule has 0 spiro atoms. The number of fused-ring (bicyclic) bond motifs is 1. The van der Waals surface area contributed by atoms with E-state index in [9.17, 15) is 0 Å². The van der Waals surface area contributed by atoms with Crippen LogP contribution in [0.1, 0.15) is 0 Å². The van der Waals surface area contributed by atoms with Crippen LogP contribution in [0.25, 0.3) is 22.3 Å². The molecule has 0 N–H and O–H groups in total. The third kappa shape index (κ3) is 4.66. The average Bonchev–Trinajstić information content (AvgIpc) is 3.01. The van der Waals surface area contributed by atoms with Gasteiger partial charge in [0.1, 0.15) is 6.73 Å². The number of benzene rings is 1. The first-order valence-corrected chi connectivity index (χ1v) is 13.2. The topological polar surface area (TPSA) is 58.4 Å². The predicted octanol–water partition coefficient (Wildman–Crippen LogP) is 5.08. The molecule has 0 aliphatic carbocycles. The van der Waals surface area contributed by atoms with Crippen molar-refractivity contribution in [3.63, 3.8) is 0 Å². The number of hydrogen-bond donors (Lipinski definition) is 0. The normalized spacial score (nSPS) is 11.8. The highest BCUT2D eigenvalue weighted by atomic mass is 35.5. The molecule has 0 radical (unpaired) electrons. The van der Waals surface area contributed by atoms with Crippen LogP contribution in [0.5, 0.6) is 11.5 Å². The smallest absolute Gasteiger partial charge is 0.165 e. The fourth-order valence-electron chi connectivity index (χ4n) is 2.93. The molecular formula is C20H26ClN3O3Si. The lowest BCUT2D eigenvalue weighted by atomic mass is 10.1. The highest BCUT2D eigenvalue weighted by Crippen LogP contribution is 2.34. The van der Waals surface area contributed by atoms with E-state index in [2.05, 4.69) is 29.8 Å². The van der Waals surface area contributed by atoms with Gasteiger partial charge in [0.25, 0.3) is 0 Å². The van der Waals surface area contributed by atoms with Gasteiger partial charge in [-0.15, -0.1) is 10.2 Å². The van der Waals surface area contributed by atoms with Crippen molar-refractivity contribution in [3.05, 3.63) is 35.5 Å². The Labute approximate surface area is 171 Å². The maximum atomic E-state index is 6.04. The Morgan fingerprint density at radius 3 is 2.43 bits per heavy atom. The first-order chi connectivity index (χ1) is 13.3. The summed E-state index contributed by atoms with van der Waals surface area (Å²) in [5, 5.41) is 9.57. The van der Waals surface area contributed by atoms with Crippen LogP contribution in [0.3, 0.4) is 0 Å². The average molecular weight is 420 g/mol. The quantitative estimate of drug-likeness (QED) is 0.376. The number of rotatable bonds is 8. The molecular weight excluding hydrogens is 394 g/mol. The molecule has 150 valence electrons. The van der Waals surface area contributed by atoms with Crippen LogP contribution < -0.4 is 9.47 Å². The first kappa shape index (κ1) is 20.6. The van der Waals surface area contributed by atoms with Gasteiger partial charge in [-0.05, 0) is 36.4 Å². The summed E-state index contributed by atoms with van der Waals surface area (Å²) in [4.78, 5) is 0.